The largest absolute Gasteiger partial charge is 0.367 e. The van der Waals surface area contributed by atoms with Crippen molar-refractivity contribution in [1.29, 1.82) is 0 Å². The minimum atomic E-state index is -0.743. The fourth-order valence-corrected chi connectivity index (χ4v) is 9.04. The average Bonchev–Trinajstić information content (AvgIpc) is 3.62. The highest BCUT2D eigenvalue weighted by molar-refractivity contribution is 7.99. The van der Waals surface area contributed by atoms with Crippen LogP contribution in [0.3, 0.4) is 0 Å². The highest BCUT2D eigenvalue weighted by Crippen LogP contribution is 2.43. The molecule has 4 aromatic rings. The quantitative estimate of drug-likeness (QED) is 0.156. The van der Waals surface area contributed by atoms with Crippen molar-refractivity contribution in [2.45, 2.75) is 61.2 Å². The zero-order valence-corrected chi connectivity index (χ0v) is 28.7. The summed E-state index contributed by atoms with van der Waals surface area (Å²) >= 11 is 3.61. The van der Waals surface area contributed by atoms with E-state index >= 15 is 0 Å². The third kappa shape index (κ3) is 7.46. The Morgan fingerprint density at radius 3 is 1.96 bits per heavy atom. The predicted octanol–water partition coefficient (Wildman–Crippen LogP) is 7.31. The smallest absolute Gasteiger partial charge is 0.254 e. The van der Waals surface area contributed by atoms with Crippen LogP contribution in [0.4, 0.5) is 0 Å². The van der Waals surface area contributed by atoms with E-state index in [1.807, 2.05) is 72.4 Å². The minimum Gasteiger partial charge on any atom is -0.367 e. The molecule has 6 nitrogen and oxygen atoms in total. The Labute approximate surface area is 286 Å². The molecule has 4 unspecified atom stereocenters. The number of nitrogens with one attached hydrogen (secondary N) is 2. The zero-order valence-electron chi connectivity index (χ0n) is 27.1. The molecule has 0 spiro atoms. The first-order chi connectivity index (χ1) is 23.0. The van der Waals surface area contributed by atoms with Crippen LogP contribution in [-0.4, -0.2) is 43.0 Å². The predicted molar refractivity (Wildman–Crippen MR) is 191 cm³/mol. The Morgan fingerprint density at radius 1 is 0.745 bits per heavy atom. The van der Waals surface area contributed by atoms with E-state index in [1.165, 1.54) is 22.3 Å². The van der Waals surface area contributed by atoms with Gasteiger partial charge in [0.1, 0.15) is 0 Å². The van der Waals surface area contributed by atoms with Gasteiger partial charge in [-0.05, 0) is 63.8 Å². The number of methoxy groups -OCH3 is 1. The molecule has 0 heterocycles. The van der Waals surface area contributed by atoms with Gasteiger partial charge in [-0.2, -0.15) is 23.5 Å². The average molecular weight is 667 g/mol. The first-order valence-electron chi connectivity index (χ1n) is 16.2. The lowest BCUT2D eigenvalue weighted by Crippen LogP contribution is -2.40. The van der Waals surface area contributed by atoms with Gasteiger partial charge in [-0.15, -0.1) is 0 Å². The molecule has 47 heavy (non-hydrogen) atoms. The molecule has 0 saturated carbocycles. The number of hydrogen-bond acceptors (Lipinski definition) is 6. The molecule has 0 fully saturated rings. The summed E-state index contributed by atoms with van der Waals surface area (Å²) in [5.41, 5.74) is 7.68. The lowest BCUT2D eigenvalue weighted by Gasteiger charge is -2.25. The molecule has 2 amide bonds. The van der Waals surface area contributed by atoms with Crippen molar-refractivity contribution in [3.63, 3.8) is 0 Å². The number of fused-ring (bicyclic) bond motifs is 2. The zero-order chi connectivity index (χ0) is 32.8. The summed E-state index contributed by atoms with van der Waals surface area (Å²) in [4.78, 5) is 27.3. The van der Waals surface area contributed by atoms with Crippen LogP contribution in [0.25, 0.3) is 0 Å². The molecule has 0 radical (unpaired) electrons. The second-order valence-electron chi connectivity index (χ2n) is 12.0. The molecule has 2 aliphatic carbocycles. The summed E-state index contributed by atoms with van der Waals surface area (Å²) in [6, 6.07) is 34.2. The van der Waals surface area contributed by atoms with E-state index in [1.54, 1.807) is 18.9 Å². The van der Waals surface area contributed by atoms with Gasteiger partial charge in [-0.25, -0.2) is 0 Å². The summed E-state index contributed by atoms with van der Waals surface area (Å²) in [6.07, 6.45) is 2.23. The topological polar surface area (TPSA) is 76.7 Å². The van der Waals surface area contributed by atoms with Gasteiger partial charge in [0.2, 0.25) is 0 Å². The van der Waals surface area contributed by atoms with Crippen LogP contribution in [0.5, 0.6) is 0 Å². The molecule has 6 atom stereocenters. The maximum atomic E-state index is 13.9. The van der Waals surface area contributed by atoms with E-state index < -0.39 is 12.2 Å². The molecule has 244 valence electrons. The van der Waals surface area contributed by atoms with Gasteiger partial charge >= 0.3 is 0 Å². The highest BCUT2D eigenvalue weighted by atomic mass is 32.2. The van der Waals surface area contributed by atoms with E-state index in [2.05, 4.69) is 66.3 Å². The van der Waals surface area contributed by atoms with E-state index in [4.69, 9.17) is 9.47 Å². The van der Waals surface area contributed by atoms with E-state index in [0.29, 0.717) is 0 Å². The minimum absolute atomic E-state index is 0.00809. The fourth-order valence-electron chi connectivity index (χ4n) is 6.90. The number of carbonyl (C=O) groups is 2. The first-order valence-corrected chi connectivity index (χ1v) is 18.5. The van der Waals surface area contributed by atoms with E-state index in [9.17, 15) is 9.59 Å². The third-order valence-corrected chi connectivity index (χ3v) is 11.4. The number of ether oxygens (including phenoxy) is 2. The molecule has 0 aromatic heterocycles. The molecule has 8 heteroatoms. The van der Waals surface area contributed by atoms with Crippen LogP contribution < -0.4 is 10.6 Å². The van der Waals surface area contributed by atoms with Crippen LogP contribution in [0, 0.1) is 0 Å². The Bertz CT molecular complexity index is 1670. The summed E-state index contributed by atoms with van der Waals surface area (Å²) in [5.74, 6) is 0.720. The van der Waals surface area contributed by atoms with Crippen LogP contribution >= 0.6 is 23.5 Å². The standard InChI is InChI=1S/C39H42N2O4S2/c1-4-47-37-30-18-12-11-17-28(30)22-33(37)41-39(43)35(27-15-9-6-10-16-27)45-24-25-19-20-29-23-32(36(46-3)31(29)21-25)40-38(42)34(44-2)26-13-7-5-8-14-26/h5-21,32-37H,4,22-24H2,1-3H3,(H,40,42)(H,41,43)/t32?,33?,34-,35-,36?,37?/m0/s1. The van der Waals surface area contributed by atoms with Gasteiger partial charge in [0, 0.05) is 19.2 Å². The van der Waals surface area contributed by atoms with Gasteiger partial charge in [-0.1, -0.05) is 110 Å². The highest BCUT2D eigenvalue weighted by Gasteiger charge is 2.37. The second-order valence-corrected chi connectivity index (χ2v) is 14.4. The Balaban J connectivity index is 1.15. The fraction of sp³-hybridized carbons (Fsp3) is 0.333. The molecule has 4 aromatic carbocycles. The summed E-state index contributed by atoms with van der Waals surface area (Å²) in [7, 11) is 1.57. The normalized spacial score (nSPS) is 21.0. The Morgan fingerprint density at radius 2 is 1.32 bits per heavy atom. The van der Waals surface area contributed by atoms with Gasteiger partial charge < -0.3 is 20.1 Å². The number of benzene rings is 4. The molecule has 0 aliphatic heterocycles. The van der Waals surface area contributed by atoms with Crippen LogP contribution in [0.1, 0.15) is 68.6 Å². The van der Waals surface area contributed by atoms with E-state index in [-0.39, 0.29) is 41.0 Å². The molecule has 6 rings (SSSR count). The molecular formula is C39H42N2O4S2. The summed E-state index contributed by atoms with van der Waals surface area (Å²) in [5, 5.41) is 6.94. The lowest BCUT2D eigenvalue weighted by atomic mass is 10.1. The Kier molecular flexibility index (Phi) is 11.0. The molecule has 0 bridgehead atoms. The molecule has 2 aliphatic rings. The second kappa shape index (κ2) is 15.6. The lowest BCUT2D eigenvalue weighted by molar-refractivity contribution is -0.135. The number of hydrogen-bond donors (Lipinski definition) is 2. The van der Waals surface area contributed by atoms with Gasteiger partial charge in [0.05, 0.1) is 17.1 Å². The summed E-state index contributed by atoms with van der Waals surface area (Å²) in [6.45, 7) is 2.45. The van der Waals surface area contributed by atoms with Crippen molar-refractivity contribution in [1.82, 2.24) is 10.6 Å². The van der Waals surface area contributed by atoms with E-state index in [0.717, 1.165) is 35.3 Å². The van der Waals surface area contributed by atoms with Crippen molar-refractivity contribution >= 4 is 35.3 Å². The number of carbonyl (C=O) groups excluding carboxylic acids is 2. The molecular weight excluding hydrogens is 625 g/mol. The van der Waals surface area contributed by atoms with Crippen molar-refractivity contribution in [2.75, 3.05) is 19.1 Å². The van der Waals surface area contributed by atoms with Gasteiger partial charge in [0.15, 0.2) is 12.2 Å². The number of thioether (sulfide) groups is 2. The molecule has 0 saturated heterocycles. The number of rotatable bonds is 13. The number of amides is 2. The van der Waals surface area contributed by atoms with Crippen LogP contribution in [0.2, 0.25) is 0 Å². The Hall–Kier alpha value is -3.56. The first kappa shape index (κ1) is 33.3. The van der Waals surface area contributed by atoms with Gasteiger partial charge in [-0.3, -0.25) is 9.59 Å². The molecule has 2 N–H and O–H groups in total. The van der Waals surface area contributed by atoms with Gasteiger partial charge in [0.25, 0.3) is 11.8 Å². The third-order valence-electron chi connectivity index (χ3n) is 9.08. The van der Waals surface area contributed by atoms with Crippen LogP contribution in [-0.2, 0) is 38.5 Å². The summed E-state index contributed by atoms with van der Waals surface area (Å²) < 4.78 is 12.1. The van der Waals surface area contributed by atoms with Crippen molar-refractivity contribution in [3.05, 3.63) is 142 Å². The van der Waals surface area contributed by atoms with Crippen molar-refractivity contribution < 1.29 is 19.1 Å². The maximum absolute atomic E-state index is 13.9. The maximum Gasteiger partial charge on any atom is 0.254 e. The van der Waals surface area contributed by atoms with Crippen LogP contribution in [0.15, 0.2) is 103 Å². The van der Waals surface area contributed by atoms with Crippen molar-refractivity contribution in [2.24, 2.45) is 0 Å². The SMILES string of the molecule is CCSC1c2ccccc2CC1NC(=O)[C@@H](OCc1ccc2c(c1)C(SC)C(NC(=O)[C@@H](OC)c1ccccc1)C2)c1ccccc1. The van der Waals surface area contributed by atoms with Crippen molar-refractivity contribution in [3.8, 4) is 0 Å². The monoisotopic (exact) mass is 666 g/mol.